The molecule has 5 heteroatoms. The first-order valence-electron chi connectivity index (χ1n) is 7.14. The summed E-state index contributed by atoms with van der Waals surface area (Å²) in [4.78, 5) is 17.5. The third kappa shape index (κ3) is 2.77. The Morgan fingerprint density at radius 1 is 1.27 bits per heavy atom. The van der Waals surface area contributed by atoms with Gasteiger partial charge in [-0.25, -0.2) is 0 Å². The smallest absolute Gasteiger partial charge is 0.259 e. The Hall–Kier alpha value is -2.11. The summed E-state index contributed by atoms with van der Waals surface area (Å²) < 4.78 is 4.87. The van der Waals surface area contributed by atoms with Crippen LogP contribution in [0.1, 0.15) is 6.92 Å². The molecule has 0 atom stereocenters. The zero-order valence-corrected chi connectivity index (χ0v) is 13.4. The van der Waals surface area contributed by atoms with Crippen molar-refractivity contribution in [2.24, 2.45) is 7.05 Å². The van der Waals surface area contributed by atoms with E-state index >= 15 is 0 Å². The van der Waals surface area contributed by atoms with Crippen molar-refractivity contribution in [1.29, 1.82) is 0 Å². The van der Waals surface area contributed by atoms with Crippen molar-refractivity contribution >= 4 is 22.7 Å². The van der Waals surface area contributed by atoms with Crippen LogP contribution in [0, 0.1) is 0 Å². The Kier molecular flexibility index (Phi) is 4.27. The first-order chi connectivity index (χ1) is 10.7. The van der Waals surface area contributed by atoms with Crippen LogP contribution < -0.4 is 10.3 Å². The molecule has 0 spiro atoms. The van der Waals surface area contributed by atoms with Crippen molar-refractivity contribution in [3.63, 3.8) is 0 Å². The maximum atomic E-state index is 12.2. The quantitative estimate of drug-likeness (QED) is 0.752. The van der Waals surface area contributed by atoms with E-state index in [-0.39, 0.29) is 5.56 Å². The van der Waals surface area contributed by atoms with E-state index in [0.717, 1.165) is 28.0 Å². The zero-order chi connectivity index (χ0) is 15.5. The molecule has 0 unspecified atom stereocenters. The summed E-state index contributed by atoms with van der Waals surface area (Å²) in [5.74, 6) is 0. The number of rotatable bonds is 4. The largest absolute Gasteiger partial charge is 0.317 e. The van der Waals surface area contributed by atoms with Crippen LogP contribution in [0.5, 0.6) is 0 Å². The minimum Gasteiger partial charge on any atom is -0.317 e. The number of fused-ring (bicyclic) bond motifs is 1. The van der Waals surface area contributed by atoms with Gasteiger partial charge < -0.3 is 4.57 Å². The number of aryl methyl sites for hydroxylation is 1. The van der Waals surface area contributed by atoms with Crippen molar-refractivity contribution in [2.75, 3.05) is 6.54 Å². The molecule has 0 amide bonds. The number of nitrogens with zero attached hydrogens (tertiary/aromatic N) is 2. The van der Waals surface area contributed by atoms with E-state index < -0.39 is 0 Å². The number of hydrogen-bond donors (Lipinski definition) is 1. The molecule has 112 valence electrons. The van der Waals surface area contributed by atoms with Gasteiger partial charge in [-0.2, -0.15) is 0 Å². The predicted octanol–water partition coefficient (Wildman–Crippen LogP) is 3.22. The summed E-state index contributed by atoms with van der Waals surface area (Å²) >= 11 is 1.61. The van der Waals surface area contributed by atoms with Gasteiger partial charge >= 0.3 is 0 Å². The van der Waals surface area contributed by atoms with E-state index in [4.69, 9.17) is 0 Å². The molecule has 3 aromatic rings. The topological polar surface area (TPSA) is 46.9 Å². The van der Waals surface area contributed by atoms with Gasteiger partial charge in [0.05, 0.1) is 5.39 Å². The first kappa shape index (κ1) is 14.8. The molecule has 0 aliphatic rings. The van der Waals surface area contributed by atoms with Gasteiger partial charge in [-0.1, -0.05) is 19.1 Å². The molecule has 0 aliphatic carbocycles. The first-order valence-corrected chi connectivity index (χ1v) is 7.96. The fourth-order valence-electron chi connectivity index (χ4n) is 2.42. The molecule has 0 radical (unpaired) electrons. The summed E-state index contributed by atoms with van der Waals surface area (Å²) in [6, 6.07) is 10.2. The van der Waals surface area contributed by atoms with E-state index in [1.54, 1.807) is 36.0 Å². The lowest BCUT2D eigenvalue weighted by molar-refractivity contribution is 0.874. The Balaban J connectivity index is 2.18. The third-order valence-electron chi connectivity index (χ3n) is 3.46. The van der Waals surface area contributed by atoms with E-state index in [1.165, 1.54) is 0 Å². The van der Waals surface area contributed by atoms with Gasteiger partial charge in [0, 0.05) is 42.6 Å². The highest BCUT2D eigenvalue weighted by Gasteiger charge is 2.09. The van der Waals surface area contributed by atoms with E-state index in [2.05, 4.69) is 34.8 Å². The minimum atomic E-state index is -0.0231. The van der Waals surface area contributed by atoms with Crippen molar-refractivity contribution < 1.29 is 0 Å². The Morgan fingerprint density at radius 2 is 2.14 bits per heavy atom. The SMILES string of the molecule is CCNSc1cccc(-c2cn(C)c(=O)c3cnccc23)c1. The second kappa shape index (κ2) is 6.34. The summed E-state index contributed by atoms with van der Waals surface area (Å²) in [5.41, 5.74) is 2.11. The normalized spacial score (nSPS) is 11.0. The van der Waals surface area contributed by atoms with Crippen LogP contribution in [-0.2, 0) is 7.05 Å². The van der Waals surface area contributed by atoms with Gasteiger partial charge in [-0.15, -0.1) is 0 Å². The number of benzene rings is 1. The molecule has 0 fully saturated rings. The van der Waals surface area contributed by atoms with Gasteiger partial charge in [-0.3, -0.25) is 14.5 Å². The number of hydrogen-bond acceptors (Lipinski definition) is 4. The standard InChI is InChI=1S/C17H17N3OS/c1-3-19-22-13-6-4-5-12(9-13)16-11-20(2)17(21)15-10-18-8-7-14(15)16/h4-11,19H,3H2,1-2H3. The Morgan fingerprint density at radius 3 is 2.95 bits per heavy atom. The number of nitrogens with one attached hydrogen (secondary N) is 1. The van der Waals surface area contributed by atoms with Crippen LogP contribution in [0.25, 0.3) is 21.9 Å². The molecular formula is C17H17N3OS. The van der Waals surface area contributed by atoms with Gasteiger partial charge in [0.1, 0.15) is 0 Å². The Bertz CT molecular complexity index is 873. The molecule has 0 aliphatic heterocycles. The summed E-state index contributed by atoms with van der Waals surface area (Å²) in [6.45, 7) is 2.98. The van der Waals surface area contributed by atoms with Crippen LogP contribution in [0.15, 0.2) is 58.6 Å². The van der Waals surface area contributed by atoms with Crippen molar-refractivity contribution in [3.05, 3.63) is 59.3 Å². The maximum Gasteiger partial charge on any atom is 0.259 e. The van der Waals surface area contributed by atoms with Crippen LogP contribution in [0.2, 0.25) is 0 Å². The molecule has 0 bridgehead atoms. The van der Waals surface area contributed by atoms with Gasteiger partial charge in [0.2, 0.25) is 0 Å². The predicted molar refractivity (Wildman–Crippen MR) is 92.0 cm³/mol. The molecule has 0 saturated carbocycles. The molecule has 4 nitrogen and oxygen atoms in total. The fraction of sp³-hybridized carbons (Fsp3) is 0.176. The van der Waals surface area contributed by atoms with Gasteiger partial charge in [0.15, 0.2) is 0 Å². The lowest BCUT2D eigenvalue weighted by Crippen LogP contribution is -2.16. The molecule has 0 saturated heterocycles. The lowest BCUT2D eigenvalue weighted by atomic mass is 10.0. The molecule has 1 aromatic carbocycles. The average molecular weight is 311 g/mol. The lowest BCUT2D eigenvalue weighted by Gasteiger charge is -2.10. The number of pyridine rings is 2. The van der Waals surface area contributed by atoms with Crippen molar-refractivity contribution in [3.8, 4) is 11.1 Å². The highest BCUT2D eigenvalue weighted by molar-refractivity contribution is 7.97. The zero-order valence-electron chi connectivity index (χ0n) is 12.5. The second-order valence-corrected chi connectivity index (χ2v) is 5.97. The third-order valence-corrected chi connectivity index (χ3v) is 4.39. The fourth-order valence-corrected chi connectivity index (χ4v) is 3.07. The summed E-state index contributed by atoms with van der Waals surface area (Å²) in [6.07, 6.45) is 5.25. The van der Waals surface area contributed by atoms with E-state index in [1.807, 2.05) is 18.3 Å². The average Bonchev–Trinajstić information content (AvgIpc) is 2.56. The van der Waals surface area contributed by atoms with Crippen LogP contribution >= 0.6 is 11.9 Å². The molecular weight excluding hydrogens is 294 g/mol. The molecule has 1 N–H and O–H groups in total. The summed E-state index contributed by atoms with van der Waals surface area (Å²) in [7, 11) is 1.77. The Labute approximate surface area is 133 Å². The van der Waals surface area contributed by atoms with Crippen LogP contribution in [0.4, 0.5) is 0 Å². The van der Waals surface area contributed by atoms with E-state index in [9.17, 15) is 4.79 Å². The maximum absolute atomic E-state index is 12.2. The molecule has 2 aromatic heterocycles. The number of aromatic nitrogens is 2. The van der Waals surface area contributed by atoms with Crippen LogP contribution in [-0.4, -0.2) is 16.1 Å². The molecule has 3 rings (SSSR count). The second-order valence-electron chi connectivity index (χ2n) is 5.01. The molecule has 2 heterocycles. The van der Waals surface area contributed by atoms with Crippen molar-refractivity contribution in [2.45, 2.75) is 11.8 Å². The van der Waals surface area contributed by atoms with Crippen LogP contribution in [0.3, 0.4) is 0 Å². The highest BCUT2D eigenvalue weighted by Crippen LogP contribution is 2.28. The molecule has 22 heavy (non-hydrogen) atoms. The van der Waals surface area contributed by atoms with Gasteiger partial charge in [0.25, 0.3) is 5.56 Å². The minimum absolute atomic E-state index is 0.0231. The highest BCUT2D eigenvalue weighted by atomic mass is 32.2. The van der Waals surface area contributed by atoms with Crippen molar-refractivity contribution in [1.82, 2.24) is 14.3 Å². The van der Waals surface area contributed by atoms with E-state index in [0.29, 0.717) is 5.39 Å². The van der Waals surface area contributed by atoms with Gasteiger partial charge in [-0.05, 0) is 41.1 Å². The monoisotopic (exact) mass is 311 g/mol. The summed E-state index contributed by atoms with van der Waals surface area (Å²) in [5, 5.41) is 1.58.